The minimum atomic E-state index is -0.170. The molecule has 1 rings (SSSR count). The Kier molecular flexibility index (Phi) is 2.25. The molecule has 0 unspecified atom stereocenters. The van der Waals surface area contributed by atoms with Crippen LogP contribution in [0.15, 0.2) is 4.99 Å². The van der Waals surface area contributed by atoms with Gasteiger partial charge in [-0.1, -0.05) is 0 Å². The van der Waals surface area contributed by atoms with Crippen LogP contribution in [0.5, 0.6) is 0 Å². The zero-order valence-corrected chi connectivity index (χ0v) is 5.98. The summed E-state index contributed by atoms with van der Waals surface area (Å²) in [5.41, 5.74) is 0. The second-order valence-corrected chi connectivity index (χ2v) is 2.19. The molecule has 1 heterocycles. The number of carbonyl (C=O) groups is 1. The van der Waals surface area contributed by atoms with E-state index in [2.05, 4.69) is 15.6 Å². The lowest BCUT2D eigenvalue weighted by Gasteiger charge is -2.16. The fourth-order valence-electron chi connectivity index (χ4n) is 0.801. The minimum absolute atomic E-state index is 0.170. The Morgan fingerprint density at radius 2 is 2.10 bits per heavy atom. The van der Waals surface area contributed by atoms with Gasteiger partial charge in [-0.15, -0.1) is 0 Å². The highest BCUT2D eigenvalue weighted by Crippen LogP contribution is 1.83. The SMILES string of the molecule is CC(=O)N=C1NCCCN1. The largest absolute Gasteiger partial charge is 0.356 e. The number of nitrogens with zero attached hydrogens (tertiary/aromatic N) is 1. The van der Waals surface area contributed by atoms with Crippen molar-refractivity contribution < 1.29 is 4.79 Å². The Hall–Kier alpha value is -1.06. The average molecular weight is 141 g/mol. The molecule has 10 heavy (non-hydrogen) atoms. The summed E-state index contributed by atoms with van der Waals surface area (Å²) in [5, 5.41) is 5.94. The second-order valence-electron chi connectivity index (χ2n) is 2.19. The average Bonchev–Trinajstić information content (AvgIpc) is 1.88. The number of hydrogen-bond donors (Lipinski definition) is 2. The second kappa shape index (κ2) is 3.20. The lowest BCUT2D eigenvalue weighted by Crippen LogP contribution is -2.44. The molecule has 1 amide bonds. The molecule has 1 aliphatic rings. The van der Waals surface area contributed by atoms with Crippen LogP contribution in [-0.2, 0) is 4.79 Å². The number of guanidine groups is 1. The Morgan fingerprint density at radius 1 is 1.50 bits per heavy atom. The van der Waals surface area contributed by atoms with Crippen molar-refractivity contribution in [2.45, 2.75) is 13.3 Å². The van der Waals surface area contributed by atoms with Gasteiger partial charge < -0.3 is 10.6 Å². The van der Waals surface area contributed by atoms with Gasteiger partial charge in [0, 0.05) is 20.0 Å². The highest BCUT2D eigenvalue weighted by atomic mass is 16.1. The first-order valence-electron chi connectivity index (χ1n) is 3.36. The fourth-order valence-corrected chi connectivity index (χ4v) is 0.801. The van der Waals surface area contributed by atoms with Crippen LogP contribution in [0.2, 0.25) is 0 Å². The van der Waals surface area contributed by atoms with Crippen LogP contribution in [-0.4, -0.2) is 25.0 Å². The predicted molar refractivity (Wildman–Crippen MR) is 38.7 cm³/mol. The molecule has 2 N–H and O–H groups in total. The van der Waals surface area contributed by atoms with Crippen LogP contribution in [0.3, 0.4) is 0 Å². The molecule has 0 aromatic carbocycles. The highest BCUT2D eigenvalue weighted by Gasteiger charge is 2.03. The van der Waals surface area contributed by atoms with Crippen LogP contribution in [0.1, 0.15) is 13.3 Å². The molecule has 1 fully saturated rings. The van der Waals surface area contributed by atoms with Gasteiger partial charge in [0.15, 0.2) is 5.96 Å². The first kappa shape index (κ1) is 7.05. The van der Waals surface area contributed by atoms with Crippen molar-refractivity contribution in [2.75, 3.05) is 13.1 Å². The van der Waals surface area contributed by atoms with Crippen molar-refractivity contribution in [3.8, 4) is 0 Å². The normalized spacial score (nSPS) is 17.1. The standard InChI is InChI=1S/C6H11N3O/c1-5(10)9-6-7-3-2-4-8-6/h2-4H2,1H3,(H2,7,8,9,10). The van der Waals surface area contributed by atoms with Gasteiger partial charge in [0.25, 0.3) is 0 Å². The van der Waals surface area contributed by atoms with E-state index in [4.69, 9.17) is 0 Å². The third-order valence-corrected chi connectivity index (χ3v) is 1.21. The Labute approximate surface area is 59.7 Å². The van der Waals surface area contributed by atoms with Crippen LogP contribution in [0.4, 0.5) is 0 Å². The van der Waals surface area contributed by atoms with E-state index in [1.54, 1.807) is 0 Å². The third kappa shape index (κ3) is 2.05. The van der Waals surface area contributed by atoms with Gasteiger partial charge in [-0.25, -0.2) is 0 Å². The van der Waals surface area contributed by atoms with Crippen molar-refractivity contribution in [3.05, 3.63) is 0 Å². The minimum Gasteiger partial charge on any atom is -0.356 e. The molecule has 56 valence electrons. The van der Waals surface area contributed by atoms with Crippen molar-refractivity contribution in [3.63, 3.8) is 0 Å². The first-order chi connectivity index (χ1) is 4.79. The molecule has 0 bridgehead atoms. The summed E-state index contributed by atoms with van der Waals surface area (Å²) in [5.74, 6) is 0.440. The fraction of sp³-hybridized carbons (Fsp3) is 0.667. The van der Waals surface area contributed by atoms with Crippen LogP contribution >= 0.6 is 0 Å². The maximum atomic E-state index is 10.4. The molecule has 1 saturated heterocycles. The number of hydrogen-bond acceptors (Lipinski definition) is 1. The van der Waals surface area contributed by atoms with E-state index in [0.29, 0.717) is 5.96 Å². The Balaban J connectivity index is 2.45. The Morgan fingerprint density at radius 3 is 2.60 bits per heavy atom. The molecule has 0 radical (unpaired) electrons. The molecule has 0 aromatic rings. The summed E-state index contributed by atoms with van der Waals surface area (Å²) in [7, 11) is 0. The Bertz CT molecular complexity index is 156. The van der Waals surface area contributed by atoms with Gasteiger partial charge in [0.1, 0.15) is 0 Å². The lowest BCUT2D eigenvalue weighted by atomic mass is 10.4. The van der Waals surface area contributed by atoms with E-state index in [-0.39, 0.29) is 5.91 Å². The van der Waals surface area contributed by atoms with Crippen molar-refractivity contribution in [1.82, 2.24) is 10.6 Å². The van der Waals surface area contributed by atoms with Crippen LogP contribution < -0.4 is 10.6 Å². The zero-order valence-electron chi connectivity index (χ0n) is 5.98. The highest BCUT2D eigenvalue weighted by molar-refractivity contribution is 5.92. The molecule has 0 aliphatic carbocycles. The maximum Gasteiger partial charge on any atom is 0.245 e. The van der Waals surface area contributed by atoms with Crippen molar-refractivity contribution >= 4 is 11.9 Å². The smallest absolute Gasteiger partial charge is 0.245 e. The number of aliphatic imine (C=N–C) groups is 1. The summed E-state index contributed by atoms with van der Waals surface area (Å²) >= 11 is 0. The van der Waals surface area contributed by atoms with Gasteiger partial charge in [-0.05, 0) is 6.42 Å². The van der Waals surface area contributed by atoms with E-state index in [9.17, 15) is 4.79 Å². The topological polar surface area (TPSA) is 53.5 Å². The van der Waals surface area contributed by atoms with Gasteiger partial charge >= 0.3 is 0 Å². The first-order valence-corrected chi connectivity index (χ1v) is 3.36. The molecule has 0 atom stereocenters. The van der Waals surface area contributed by atoms with E-state index >= 15 is 0 Å². The lowest BCUT2D eigenvalue weighted by molar-refractivity contribution is -0.115. The molecule has 0 spiro atoms. The number of carbonyl (C=O) groups excluding carboxylic acids is 1. The van der Waals surface area contributed by atoms with E-state index in [1.807, 2.05) is 0 Å². The van der Waals surface area contributed by atoms with E-state index in [1.165, 1.54) is 6.92 Å². The van der Waals surface area contributed by atoms with Crippen molar-refractivity contribution in [1.29, 1.82) is 0 Å². The quantitative estimate of drug-likeness (QED) is 0.477. The van der Waals surface area contributed by atoms with Gasteiger partial charge in [0.05, 0.1) is 0 Å². The summed E-state index contributed by atoms with van der Waals surface area (Å²) in [6, 6.07) is 0. The number of nitrogens with one attached hydrogen (secondary N) is 2. The summed E-state index contributed by atoms with van der Waals surface area (Å²) < 4.78 is 0. The molecule has 0 aromatic heterocycles. The van der Waals surface area contributed by atoms with Gasteiger partial charge in [0.2, 0.25) is 5.91 Å². The predicted octanol–water partition coefficient (Wildman–Crippen LogP) is -0.528. The van der Waals surface area contributed by atoms with Crippen LogP contribution in [0.25, 0.3) is 0 Å². The molecular formula is C6H11N3O. The van der Waals surface area contributed by atoms with Gasteiger partial charge in [-0.2, -0.15) is 4.99 Å². The summed E-state index contributed by atoms with van der Waals surface area (Å²) in [4.78, 5) is 14.1. The molecule has 1 aliphatic heterocycles. The van der Waals surface area contributed by atoms with Gasteiger partial charge in [-0.3, -0.25) is 4.79 Å². The summed E-state index contributed by atoms with van der Waals surface area (Å²) in [6.07, 6.45) is 1.08. The molecule has 4 nitrogen and oxygen atoms in total. The maximum absolute atomic E-state index is 10.4. The monoisotopic (exact) mass is 141 g/mol. The van der Waals surface area contributed by atoms with Crippen molar-refractivity contribution in [2.24, 2.45) is 4.99 Å². The van der Waals surface area contributed by atoms with Crippen LogP contribution in [0, 0.1) is 0 Å². The molecule has 0 saturated carbocycles. The zero-order chi connectivity index (χ0) is 7.40. The molecule has 4 heteroatoms. The summed E-state index contributed by atoms with van der Waals surface area (Å²) in [6.45, 7) is 3.24. The number of rotatable bonds is 0. The van der Waals surface area contributed by atoms with E-state index < -0.39 is 0 Å². The third-order valence-electron chi connectivity index (χ3n) is 1.21. The number of amides is 1. The van der Waals surface area contributed by atoms with E-state index in [0.717, 1.165) is 19.5 Å². The molecular weight excluding hydrogens is 130 g/mol.